The number of ether oxygens (including phenoxy) is 1. The number of hydrogen-bond donors (Lipinski definition) is 2. The summed E-state index contributed by atoms with van der Waals surface area (Å²) in [6.45, 7) is 0. The lowest BCUT2D eigenvalue weighted by Crippen LogP contribution is -2.19. The van der Waals surface area contributed by atoms with Crippen LogP contribution in [0.3, 0.4) is 0 Å². The third kappa shape index (κ3) is 6.09. The summed E-state index contributed by atoms with van der Waals surface area (Å²) in [6, 6.07) is 15.0. The van der Waals surface area contributed by atoms with Crippen LogP contribution in [0, 0.1) is 0 Å². The SMILES string of the molecule is FC(F)(F)c1cnc(Nc2ccc(OC3CCCCC3)cc2)nc1Nc1cccc(C2CCCC2)c1. The zero-order valence-electron chi connectivity index (χ0n) is 20.2. The maximum atomic E-state index is 13.7. The Morgan fingerprint density at radius 3 is 2.25 bits per heavy atom. The molecule has 0 saturated heterocycles. The topological polar surface area (TPSA) is 59.1 Å². The van der Waals surface area contributed by atoms with Gasteiger partial charge in [0.2, 0.25) is 5.95 Å². The number of anilines is 4. The molecule has 5 rings (SSSR count). The number of alkyl halides is 3. The summed E-state index contributed by atoms with van der Waals surface area (Å²) in [6.07, 6.45) is 6.87. The normalized spacial score (nSPS) is 17.2. The lowest BCUT2D eigenvalue weighted by atomic mass is 9.97. The second-order valence-electron chi connectivity index (χ2n) is 9.71. The zero-order chi connectivity index (χ0) is 25.0. The van der Waals surface area contributed by atoms with Crippen LogP contribution in [0.1, 0.15) is 74.8 Å². The highest BCUT2D eigenvalue weighted by molar-refractivity contribution is 5.63. The summed E-state index contributed by atoms with van der Waals surface area (Å²) >= 11 is 0. The minimum absolute atomic E-state index is 0.0818. The lowest BCUT2D eigenvalue weighted by Gasteiger charge is -2.23. The van der Waals surface area contributed by atoms with Crippen LogP contribution in [-0.2, 0) is 6.18 Å². The van der Waals surface area contributed by atoms with Gasteiger partial charge in [-0.3, -0.25) is 0 Å². The smallest absolute Gasteiger partial charge is 0.421 e. The minimum Gasteiger partial charge on any atom is -0.490 e. The highest BCUT2D eigenvalue weighted by atomic mass is 19.4. The van der Waals surface area contributed by atoms with E-state index < -0.39 is 11.7 Å². The van der Waals surface area contributed by atoms with Gasteiger partial charge in [-0.05, 0) is 86.4 Å². The molecule has 0 atom stereocenters. The van der Waals surface area contributed by atoms with Crippen molar-refractivity contribution >= 4 is 23.1 Å². The summed E-state index contributed by atoms with van der Waals surface area (Å²) < 4.78 is 47.2. The van der Waals surface area contributed by atoms with Gasteiger partial charge in [-0.15, -0.1) is 0 Å². The molecule has 0 aliphatic heterocycles. The molecule has 1 heterocycles. The van der Waals surface area contributed by atoms with Crippen molar-refractivity contribution in [3.63, 3.8) is 0 Å². The Labute approximate surface area is 209 Å². The Kier molecular flexibility index (Phi) is 7.30. The van der Waals surface area contributed by atoms with Crippen LogP contribution >= 0.6 is 0 Å². The first-order valence-corrected chi connectivity index (χ1v) is 12.8. The third-order valence-corrected chi connectivity index (χ3v) is 7.04. The van der Waals surface area contributed by atoms with E-state index in [1.54, 1.807) is 6.07 Å². The molecule has 2 aliphatic rings. The Bertz CT molecular complexity index is 1150. The fourth-order valence-electron chi connectivity index (χ4n) is 5.13. The number of nitrogens with one attached hydrogen (secondary N) is 2. The van der Waals surface area contributed by atoms with Crippen LogP contribution in [0.2, 0.25) is 0 Å². The highest BCUT2D eigenvalue weighted by Gasteiger charge is 2.35. The summed E-state index contributed by atoms with van der Waals surface area (Å²) in [5.41, 5.74) is 1.49. The predicted octanol–water partition coefficient (Wildman–Crippen LogP) is 8.35. The van der Waals surface area contributed by atoms with Gasteiger partial charge in [0.1, 0.15) is 17.1 Å². The standard InChI is InChI=1S/C28H31F3N4O/c29-28(30,31)25-18-32-27(34-21-13-15-24(16-14-21)36-23-11-2-1-3-12-23)35-26(25)33-22-10-6-9-20(17-22)19-7-4-5-8-19/h6,9-10,13-19,23H,1-5,7-8,11-12H2,(H2,32,33,34,35). The van der Waals surface area contributed by atoms with Crippen molar-refractivity contribution < 1.29 is 17.9 Å². The molecule has 0 spiro atoms. The van der Waals surface area contributed by atoms with E-state index in [1.807, 2.05) is 42.5 Å². The molecule has 2 fully saturated rings. The number of aromatic nitrogens is 2. The molecule has 0 bridgehead atoms. The Morgan fingerprint density at radius 2 is 1.53 bits per heavy atom. The summed E-state index contributed by atoms with van der Waals surface area (Å²) in [4.78, 5) is 8.11. The van der Waals surface area contributed by atoms with Crippen molar-refractivity contribution in [2.24, 2.45) is 0 Å². The maximum absolute atomic E-state index is 13.7. The average molecular weight is 497 g/mol. The van der Waals surface area contributed by atoms with Gasteiger partial charge in [-0.2, -0.15) is 18.2 Å². The van der Waals surface area contributed by atoms with Gasteiger partial charge in [0.15, 0.2) is 0 Å². The average Bonchev–Trinajstić information content (AvgIpc) is 3.41. The van der Waals surface area contributed by atoms with Crippen molar-refractivity contribution in [2.75, 3.05) is 10.6 Å². The molecule has 2 aromatic carbocycles. The first kappa shape index (κ1) is 24.4. The first-order valence-electron chi connectivity index (χ1n) is 12.8. The summed E-state index contributed by atoms with van der Waals surface area (Å²) in [5, 5.41) is 5.90. The second kappa shape index (κ2) is 10.8. The van der Waals surface area contributed by atoms with E-state index in [2.05, 4.69) is 20.6 Å². The van der Waals surface area contributed by atoms with Crippen molar-refractivity contribution in [1.82, 2.24) is 9.97 Å². The molecule has 2 N–H and O–H groups in total. The van der Waals surface area contributed by atoms with E-state index in [-0.39, 0.29) is 17.9 Å². The fourth-order valence-corrected chi connectivity index (χ4v) is 5.13. The first-order chi connectivity index (χ1) is 17.4. The molecule has 0 unspecified atom stereocenters. The minimum atomic E-state index is -4.58. The zero-order valence-corrected chi connectivity index (χ0v) is 20.2. The Morgan fingerprint density at radius 1 is 0.806 bits per heavy atom. The lowest BCUT2D eigenvalue weighted by molar-refractivity contribution is -0.137. The molecule has 8 heteroatoms. The molecular weight excluding hydrogens is 465 g/mol. The molecular formula is C28H31F3N4O. The van der Waals surface area contributed by atoms with E-state index in [0.29, 0.717) is 17.3 Å². The molecule has 1 aromatic heterocycles. The molecule has 190 valence electrons. The van der Waals surface area contributed by atoms with E-state index in [0.717, 1.165) is 43.2 Å². The van der Waals surface area contributed by atoms with Gasteiger partial charge >= 0.3 is 6.18 Å². The molecule has 3 aromatic rings. The van der Waals surface area contributed by atoms with E-state index in [9.17, 15) is 13.2 Å². The maximum Gasteiger partial charge on any atom is 0.421 e. The van der Waals surface area contributed by atoms with Crippen LogP contribution < -0.4 is 15.4 Å². The van der Waals surface area contributed by atoms with Crippen LogP contribution in [-0.4, -0.2) is 16.1 Å². The van der Waals surface area contributed by atoms with Gasteiger partial charge in [-0.1, -0.05) is 31.4 Å². The molecule has 2 saturated carbocycles. The number of rotatable bonds is 7. The number of halogens is 3. The third-order valence-electron chi connectivity index (χ3n) is 7.04. The Hall–Kier alpha value is -3.29. The molecule has 0 radical (unpaired) electrons. The predicted molar refractivity (Wildman–Crippen MR) is 135 cm³/mol. The van der Waals surface area contributed by atoms with Gasteiger partial charge in [0.05, 0.1) is 6.10 Å². The molecule has 0 amide bonds. The fraction of sp³-hybridized carbons (Fsp3) is 0.429. The van der Waals surface area contributed by atoms with Crippen molar-refractivity contribution in [1.29, 1.82) is 0 Å². The molecule has 5 nitrogen and oxygen atoms in total. The van der Waals surface area contributed by atoms with Gasteiger partial charge in [-0.25, -0.2) is 4.98 Å². The quantitative estimate of drug-likeness (QED) is 0.344. The van der Waals surface area contributed by atoms with Crippen molar-refractivity contribution in [3.8, 4) is 5.75 Å². The summed E-state index contributed by atoms with van der Waals surface area (Å²) in [5.74, 6) is 1.05. The van der Waals surface area contributed by atoms with E-state index in [4.69, 9.17) is 4.74 Å². The molecule has 2 aliphatic carbocycles. The summed E-state index contributed by atoms with van der Waals surface area (Å²) in [7, 11) is 0. The number of nitrogens with zero attached hydrogens (tertiary/aromatic N) is 2. The van der Waals surface area contributed by atoms with Crippen molar-refractivity contribution in [3.05, 3.63) is 65.9 Å². The van der Waals surface area contributed by atoms with Crippen LogP contribution in [0.15, 0.2) is 54.7 Å². The molecule has 36 heavy (non-hydrogen) atoms. The van der Waals surface area contributed by atoms with Crippen molar-refractivity contribution in [2.45, 2.75) is 76.0 Å². The Balaban J connectivity index is 1.32. The van der Waals surface area contributed by atoms with Gasteiger partial charge in [0, 0.05) is 17.6 Å². The monoisotopic (exact) mass is 496 g/mol. The number of benzene rings is 2. The van der Waals surface area contributed by atoms with Crippen LogP contribution in [0.25, 0.3) is 0 Å². The van der Waals surface area contributed by atoms with Gasteiger partial charge in [0.25, 0.3) is 0 Å². The number of hydrogen-bond acceptors (Lipinski definition) is 5. The largest absolute Gasteiger partial charge is 0.490 e. The highest BCUT2D eigenvalue weighted by Crippen LogP contribution is 2.38. The van der Waals surface area contributed by atoms with Crippen LogP contribution in [0.5, 0.6) is 5.75 Å². The van der Waals surface area contributed by atoms with E-state index in [1.165, 1.54) is 32.1 Å². The second-order valence-corrected chi connectivity index (χ2v) is 9.71. The van der Waals surface area contributed by atoms with Gasteiger partial charge < -0.3 is 15.4 Å². The van der Waals surface area contributed by atoms with Crippen LogP contribution in [0.4, 0.5) is 36.3 Å². The van der Waals surface area contributed by atoms with E-state index >= 15 is 0 Å².